The van der Waals surface area contributed by atoms with Crippen LogP contribution in [0.1, 0.15) is 68.2 Å². The van der Waals surface area contributed by atoms with Gasteiger partial charge in [0.15, 0.2) is 22.7 Å². The zero-order valence-corrected chi connectivity index (χ0v) is 18.5. The Morgan fingerprint density at radius 3 is 2.50 bits per heavy atom. The average molecular weight is 445 g/mol. The molecule has 170 valence electrons. The van der Waals surface area contributed by atoms with E-state index >= 15 is 0 Å². The Hall–Kier alpha value is -2.83. The largest absolute Gasteiger partial charge is 0.326 e. The first kappa shape index (κ1) is 22.4. The van der Waals surface area contributed by atoms with Crippen LogP contribution >= 0.6 is 0 Å². The highest BCUT2D eigenvalue weighted by Crippen LogP contribution is 2.28. The molecule has 0 spiro atoms. The minimum atomic E-state index is -1.44. The number of hydrogen-bond donors (Lipinski definition) is 1. The molecular formula is C25H29F3N3O+. The highest BCUT2D eigenvalue weighted by molar-refractivity contribution is 5.94. The number of para-hydroxylation sites is 2. The summed E-state index contributed by atoms with van der Waals surface area (Å²) in [6, 6.07) is 9.76. The number of hydrogen-bond acceptors (Lipinski definition) is 1. The van der Waals surface area contributed by atoms with Gasteiger partial charge in [-0.05, 0) is 62.3 Å². The molecule has 1 amide bonds. The molecule has 0 radical (unpaired) electrons. The number of aromatic amines is 1. The molecule has 1 heterocycles. The predicted octanol–water partition coefficient (Wildman–Crippen LogP) is 5.68. The minimum Gasteiger partial charge on any atom is -0.326 e. The molecule has 1 aromatic heterocycles. The number of nitrogens with zero attached hydrogens (tertiary/aromatic N) is 2. The number of amides is 1. The van der Waals surface area contributed by atoms with Crippen LogP contribution in [0.3, 0.4) is 0 Å². The fourth-order valence-electron chi connectivity index (χ4n) is 4.57. The zero-order valence-electron chi connectivity index (χ0n) is 18.5. The van der Waals surface area contributed by atoms with Crippen molar-refractivity contribution in [2.24, 2.45) is 5.92 Å². The maximum absolute atomic E-state index is 14.4. The standard InChI is InChI=1S/C25H28F3N3O/c1-16(2)13-14-30(25(32)23-18(26)11-12-19(27)24(23)28)15-22-29-20-9-5-6-10-21(20)31(22)17-7-3-4-8-17/h5-6,9-12,16-17H,3-4,7-8,13-15H2,1-2H3/p+1. The van der Waals surface area contributed by atoms with Crippen LogP contribution < -0.4 is 4.57 Å². The summed E-state index contributed by atoms with van der Waals surface area (Å²) >= 11 is 0. The second-order valence-electron chi connectivity index (χ2n) is 9.02. The Kier molecular flexibility index (Phi) is 6.53. The summed E-state index contributed by atoms with van der Waals surface area (Å²) in [5, 5.41) is 0. The van der Waals surface area contributed by atoms with Crippen molar-refractivity contribution in [3.63, 3.8) is 0 Å². The van der Waals surface area contributed by atoms with Crippen LogP contribution in [0, 0.1) is 23.4 Å². The second-order valence-corrected chi connectivity index (χ2v) is 9.02. The molecule has 1 N–H and O–H groups in total. The van der Waals surface area contributed by atoms with Crippen molar-refractivity contribution in [2.45, 2.75) is 58.5 Å². The lowest BCUT2D eigenvalue weighted by Gasteiger charge is -2.23. The van der Waals surface area contributed by atoms with Gasteiger partial charge in [0.25, 0.3) is 11.7 Å². The van der Waals surface area contributed by atoms with Crippen LogP contribution in [0.15, 0.2) is 36.4 Å². The van der Waals surface area contributed by atoms with E-state index < -0.39 is 28.9 Å². The number of aromatic nitrogens is 2. The number of benzene rings is 2. The van der Waals surface area contributed by atoms with Gasteiger partial charge in [-0.25, -0.2) is 22.7 Å². The number of carbonyl (C=O) groups is 1. The molecule has 32 heavy (non-hydrogen) atoms. The van der Waals surface area contributed by atoms with Crippen molar-refractivity contribution >= 4 is 16.9 Å². The fraction of sp³-hybridized carbons (Fsp3) is 0.440. The van der Waals surface area contributed by atoms with Crippen molar-refractivity contribution < 1.29 is 22.5 Å². The van der Waals surface area contributed by atoms with Gasteiger partial charge in [0.1, 0.15) is 24.0 Å². The third kappa shape index (κ3) is 4.38. The summed E-state index contributed by atoms with van der Waals surface area (Å²) in [6.45, 7) is 4.51. The molecule has 0 saturated heterocycles. The number of carbonyl (C=O) groups excluding carboxylic acids is 1. The summed E-state index contributed by atoms with van der Waals surface area (Å²) in [6.07, 6.45) is 5.05. The third-order valence-corrected chi connectivity index (χ3v) is 6.29. The van der Waals surface area contributed by atoms with E-state index in [9.17, 15) is 18.0 Å². The predicted molar refractivity (Wildman–Crippen MR) is 117 cm³/mol. The molecule has 0 unspecified atom stereocenters. The molecule has 3 aromatic rings. The number of halogens is 3. The highest BCUT2D eigenvalue weighted by Gasteiger charge is 2.32. The van der Waals surface area contributed by atoms with Gasteiger partial charge in [-0.15, -0.1) is 0 Å². The maximum Gasteiger partial charge on any atom is 0.275 e. The molecule has 0 bridgehead atoms. The van der Waals surface area contributed by atoms with Crippen LogP contribution in [0.25, 0.3) is 11.0 Å². The molecule has 4 nitrogen and oxygen atoms in total. The Labute approximate surface area is 186 Å². The maximum atomic E-state index is 14.4. The van der Waals surface area contributed by atoms with Gasteiger partial charge in [0.05, 0.1) is 0 Å². The summed E-state index contributed by atoms with van der Waals surface area (Å²) < 4.78 is 44.9. The van der Waals surface area contributed by atoms with E-state index in [1.165, 1.54) is 4.90 Å². The lowest BCUT2D eigenvalue weighted by atomic mass is 10.1. The monoisotopic (exact) mass is 444 g/mol. The highest BCUT2D eigenvalue weighted by atomic mass is 19.2. The smallest absolute Gasteiger partial charge is 0.275 e. The van der Waals surface area contributed by atoms with E-state index in [0.29, 0.717) is 25.1 Å². The van der Waals surface area contributed by atoms with Gasteiger partial charge in [0, 0.05) is 6.54 Å². The Morgan fingerprint density at radius 1 is 1.09 bits per heavy atom. The van der Waals surface area contributed by atoms with Crippen molar-refractivity contribution in [3.05, 3.63) is 65.2 Å². The molecule has 1 saturated carbocycles. The summed E-state index contributed by atoms with van der Waals surface area (Å²) in [4.78, 5) is 18.1. The summed E-state index contributed by atoms with van der Waals surface area (Å²) in [7, 11) is 0. The van der Waals surface area contributed by atoms with Crippen molar-refractivity contribution in [1.29, 1.82) is 0 Å². The molecular weight excluding hydrogens is 415 g/mol. The van der Waals surface area contributed by atoms with E-state index in [0.717, 1.165) is 48.6 Å². The molecule has 1 fully saturated rings. The van der Waals surface area contributed by atoms with Crippen molar-refractivity contribution in [2.75, 3.05) is 6.54 Å². The number of rotatable bonds is 7. The lowest BCUT2D eigenvalue weighted by molar-refractivity contribution is -0.705. The molecule has 0 atom stereocenters. The lowest BCUT2D eigenvalue weighted by Crippen LogP contribution is -2.44. The van der Waals surface area contributed by atoms with Gasteiger partial charge in [-0.1, -0.05) is 26.0 Å². The molecule has 0 aliphatic heterocycles. The van der Waals surface area contributed by atoms with Gasteiger partial charge in [0.2, 0.25) is 0 Å². The average Bonchev–Trinajstić information content (AvgIpc) is 3.40. The Morgan fingerprint density at radius 2 is 1.78 bits per heavy atom. The Balaban J connectivity index is 1.74. The second kappa shape index (κ2) is 9.35. The summed E-state index contributed by atoms with van der Waals surface area (Å²) in [5.41, 5.74) is 1.17. The number of fused-ring (bicyclic) bond motifs is 1. The molecule has 1 aliphatic rings. The normalized spacial score (nSPS) is 14.6. The van der Waals surface area contributed by atoms with Crippen LogP contribution in [0.5, 0.6) is 0 Å². The van der Waals surface area contributed by atoms with E-state index in [1.807, 2.05) is 38.1 Å². The van der Waals surface area contributed by atoms with Gasteiger partial charge < -0.3 is 4.90 Å². The van der Waals surface area contributed by atoms with E-state index in [2.05, 4.69) is 9.55 Å². The van der Waals surface area contributed by atoms with E-state index in [1.54, 1.807) is 0 Å². The first-order valence-corrected chi connectivity index (χ1v) is 11.3. The van der Waals surface area contributed by atoms with Gasteiger partial charge in [-0.2, -0.15) is 0 Å². The van der Waals surface area contributed by atoms with Crippen molar-refractivity contribution in [3.8, 4) is 0 Å². The number of H-pyrrole nitrogens is 1. The number of nitrogens with one attached hydrogen (secondary N) is 1. The van der Waals surface area contributed by atoms with Crippen LogP contribution in [-0.4, -0.2) is 22.3 Å². The number of imidazole rings is 1. The van der Waals surface area contributed by atoms with Gasteiger partial charge in [-0.3, -0.25) is 4.79 Å². The first-order valence-electron chi connectivity index (χ1n) is 11.3. The van der Waals surface area contributed by atoms with Crippen LogP contribution in [0.4, 0.5) is 13.2 Å². The summed E-state index contributed by atoms with van der Waals surface area (Å²) in [5.74, 6) is -3.46. The van der Waals surface area contributed by atoms with E-state index in [-0.39, 0.29) is 12.5 Å². The molecule has 1 aliphatic carbocycles. The third-order valence-electron chi connectivity index (χ3n) is 6.29. The Bertz CT molecular complexity index is 1120. The molecule has 2 aromatic carbocycles. The van der Waals surface area contributed by atoms with Crippen LogP contribution in [0.2, 0.25) is 0 Å². The van der Waals surface area contributed by atoms with Crippen molar-refractivity contribution in [1.82, 2.24) is 9.88 Å². The molecule has 7 heteroatoms. The first-order chi connectivity index (χ1) is 15.4. The quantitative estimate of drug-likeness (QED) is 0.370. The topological polar surface area (TPSA) is 40.0 Å². The zero-order chi connectivity index (χ0) is 22.8. The fourth-order valence-corrected chi connectivity index (χ4v) is 4.57. The van der Waals surface area contributed by atoms with E-state index in [4.69, 9.17) is 0 Å². The SMILES string of the molecule is CC(C)CCN(Cc1[nH]c2ccccc2[n+]1C1CCCC1)C(=O)c1c(F)ccc(F)c1F. The minimum absolute atomic E-state index is 0.159. The van der Waals surface area contributed by atoms with Gasteiger partial charge >= 0.3 is 0 Å². The molecule has 4 rings (SSSR count). The van der Waals surface area contributed by atoms with Crippen LogP contribution in [-0.2, 0) is 6.54 Å².